The Labute approximate surface area is 119 Å². The number of hydrogen-bond acceptors (Lipinski definition) is 3. The summed E-state index contributed by atoms with van der Waals surface area (Å²) in [7, 11) is 3.09. The maximum Gasteiger partial charge on any atom is 0.242 e. The highest BCUT2D eigenvalue weighted by atomic mass is 35.5. The van der Waals surface area contributed by atoms with Crippen molar-refractivity contribution >= 4 is 23.2 Å². The molecule has 0 atom stereocenters. The number of halogens is 1. The van der Waals surface area contributed by atoms with E-state index in [1.807, 2.05) is 32.0 Å². The number of hydrogen-bond donors (Lipinski definition) is 0. The van der Waals surface area contributed by atoms with Crippen molar-refractivity contribution in [3.8, 4) is 0 Å². The molecule has 0 N–H and O–H groups in total. The van der Waals surface area contributed by atoms with Crippen LogP contribution in [0, 0.1) is 13.8 Å². The molecule has 0 saturated heterocycles. The van der Waals surface area contributed by atoms with E-state index in [0.29, 0.717) is 6.54 Å². The van der Waals surface area contributed by atoms with Crippen molar-refractivity contribution in [1.82, 2.24) is 0 Å². The highest BCUT2D eigenvalue weighted by Gasteiger charge is 2.22. The number of carbonyl (C=O) groups is 1. The molecule has 0 heterocycles. The van der Waals surface area contributed by atoms with Crippen LogP contribution >= 0.6 is 11.6 Å². The second-order valence-electron chi connectivity index (χ2n) is 4.28. The first kappa shape index (κ1) is 16.0. The molecule has 0 saturated carbocycles. The molecule has 1 aromatic rings. The largest absolute Gasteiger partial charge is 0.354 e. The maximum absolute atomic E-state index is 12.1. The van der Waals surface area contributed by atoms with E-state index >= 15 is 0 Å². The van der Waals surface area contributed by atoms with Crippen LogP contribution in [0.3, 0.4) is 0 Å². The first-order valence-electron chi connectivity index (χ1n) is 6.03. The van der Waals surface area contributed by atoms with Crippen molar-refractivity contribution in [1.29, 1.82) is 0 Å². The summed E-state index contributed by atoms with van der Waals surface area (Å²) in [5.41, 5.74) is 2.90. The summed E-state index contributed by atoms with van der Waals surface area (Å²) >= 11 is 5.70. The number of benzene rings is 1. The van der Waals surface area contributed by atoms with Crippen LogP contribution < -0.4 is 4.90 Å². The van der Waals surface area contributed by atoms with E-state index in [4.69, 9.17) is 21.1 Å². The van der Waals surface area contributed by atoms with Gasteiger partial charge in [0.25, 0.3) is 0 Å². The van der Waals surface area contributed by atoms with Gasteiger partial charge in [-0.25, -0.2) is 0 Å². The number of methoxy groups -OCH3 is 2. The Morgan fingerprint density at radius 3 is 2.21 bits per heavy atom. The zero-order chi connectivity index (χ0) is 14.4. The summed E-state index contributed by atoms with van der Waals surface area (Å²) in [6.45, 7) is 4.24. The molecule has 1 rings (SSSR count). The summed E-state index contributed by atoms with van der Waals surface area (Å²) in [5, 5.41) is 0. The molecule has 0 radical (unpaired) electrons. The fraction of sp³-hybridized carbons (Fsp3) is 0.500. The first-order valence-corrected chi connectivity index (χ1v) is 6.56. The van der Waals surface area contributed by atoms with Crippen molar-refractivity contribution in [3.63, 3.8) is 0 Å². The molecule has 0 aliphatic heterocycles. The van der Waals surface area contributed by atoms with E-state index < -0.39 is 6.29 Å². The Morgan fingerprint density at radius 2 is 1.79 bits per heavy atom. The van der Waals surface area contributed by atoms with Crippen LogP contribution in [0.15, 0.2) is 18.2 Å². The van der Waals surface area contributed by atoms with Crippen molar-refractivity contribution in [3.05, 3.63) is 29.3 Å². The van der Waals surface area contributed by atoms with Crippen molar-refractivity contribution in [2.45, 2.75) is 20.1 Å². The van der Waals surface area contributed by atoms with Gasteiger partial charge in [0.1, 0.15) is 5.88 Å². The van der Waals surface area contributed by atoms with Gasteiger partial charge in [-0.15, -0.1) is 11.6 Å². The van der Waals surface area contributed by atoms with Crippen molar-refractivity contribution in [2.24, 2.45) is 0 Å². The van der Waals surface area contributed by atoms with Crippen LogP contribution in [0.5, 0.6) is 0 Å². The Balaban J connectivity index is 3.13. The molecule has 19 heavy (non-hydrogen) atoms. The molecule has 0 unspecified atom stereocenters. The molecule has 1 amide bonds. The van der Waals surface area contributed by atoms with E-state index in [9.17, 15) is 4.79 Å². The van der Waals surface area contributed by atoms with Gasteiger partial charge in [-0.05, 0) is 25.0 Å². The molecule has 106 valence electrons. The number of amides is 1. The second-order valence-corrected chi connectivity index (χ2v) is 4.55. The van der Waals surface area contributed by atoms with Crippen LogP contribution in [0.2, 0.25) is 0 Å². The van der Waals surface area contributed by atoms with Gasteiger partial charge in [0.05, 0.1) is 6.54 Å². The van der Waals surface area contributed by atoms with Gasteiger partial charge in [-0.2, -0.15) is 0 Å². The molecular formula is C14H20ClNO3. The number of rotatable bonds is 6. The number of aryl methyl sites for hydroxylation is 2. The topological polar surface area (TPSA) is 38.8 Å². The molecule has 0 spiro atoms. The number of anilines is 1. The van der Waals surface area contributed by atoms with Crippen LogP contribution in [0.25, 0.3) is 0 Å². The van der Waals surface area contributed by atoms with E-state index in [1.54, 1.807) is 19.1 Å². The lowest BCUT2D eigenvalue weighted by Crippen LogP contribution is -2.40. The van der Waals surface area contributed by atoms with E-state index in [0.717, 1.165) is 16.8 Å². The van der Waals surface area contributed by atoms with Crippen LogP contribution in [-0.4, -0.2) is 38.8 Å². The third kappa shape index (κ3) is 3.93. The fourth-order valence-electron chi connectivity index (χ4n) is 2.02. The third-order valence-electron chi connectivity index (χ3n) is 2.98. The normalized spacial score (nSPS) is 10.8. The average molecular weight is 286 g/mol. The molecule has 0 fully saturated rings. The lowest BCUT2D eigenvalue weighted by atomic mass is 10.1. The molecule has 1 aromatic carbocycles. The Hall–Kier alpha value is -1.10. The van der Waals surface area contributed by atoms with E-state index in [1.165, 1.54) is 0 Å². The summed E-state index contributed by atoms with van der Waals surface area (Å²) in [5.74, 6) is -0.244. The van der Waals surface area contributed by atoms with E-state index in [-0.39, 0.29) is 11.8 Å². The Kier molecular flexibility index (Phi) is 6.28. The standard InChI is InChI=1S/C14H20ClNO3/c1-10-6-5-7-11(2)14(10)16(12(17)8-15)9-13(18-3)19-4/h5-7,13H,8-9H2,1-4H3. The lowest BCUT2D eigenvalue weighted by Gasteiger charge is -2.28. The third-order valence-corrected chi connectivity index (χ3v) is 3.21. The van der Waals surface area contributed by atoms with Gasteiger partial charge in [-0.3, -0.25) is 4.79 Å². The van der Waals surface area contributed by atoms with Gasteiger partial charge in [0, 0.05) is 19.9 Å². The zero-order valence-electron chi connectivity index (χ0n) is 11.8. The lowest BCUT2D eigenvalue weighted by molar-refractivity contribution is -0.121. The fourth-order valence-corrected chi connectivity index (χ4v) is 2.16. The zero-order valence-corrected chi connectivity index (χ0v) is 12.5. The number of alkyl halides is 1. The van der Waals surface area contributed by atoms with Crippen LogP contribution in [0.1, 0.15) is 11.1 Å². The molecular weight excluding hydrogens is 266 g/mol. The van der Waals surface area contributed by atoms with Crippen LogP contribution in [0.4, 0.5) is 5.69 Å². The Bertz CT molecular complexity index is 412. The summed E-state index contributed by atoms with van der Waals surface area (Å²) < 4.78 is 10.3. The summed E-state index contributed by atoms with van der Waals surface area (Å²) in [6.07, 6.45) is -0.480. The molecule has 0 aromatic heterocycles. The number of nitrogens with zero attached hydrogens (tertiary/aromatic N) is 1. The monoisotopic (exact) mass is 285 g/mol. The summed E-state index contributed by atoms with van der Waals surface area (Å²) in [4.78, 5) is 13.7. The van der Waals surface area contributed by atoms with Crippen LogP contribution in [-0.2, 0) is 14.3 Å². The minimum atomic E-state index is -0.480. The van der Waals surface area contributed by atoms with Crippen molar-refractivity contribution < 1.29 is 14.3 Å². The average Bonchev–Trinajstić information content (AvgIpc) is 2.41. The quantitative estimate of drug-likeness (QED) is 0.595. The molecule has 0 bridgehead atoms. The van der Waals surface area contributed by atoms with Crippen molar-refractivity contribution in [2.75, 3.05) is 31.5 Å². The molecule has 5 heteroatoms. The van der Waals surface area contributed by atoms with Gasteiger partial charge in [-0.1, -0.05) is 18.2 Å². The van der Waals surface area contributed by atoms with Gasteiger partial charge in [0.15, 0.2) is 6.29 Å². The molecule has 0 aliphatic carbocycles. The summed E-state index contributed by atoms with van der Waals surface area (Å²) in [6, 6.07) is 5.89. The van der Waals surface area contributed by atoms with Gasteiger partial charge >= 0.3 is 0 Å². The number of para-hydroxylation sites is 1. The minimum Gasteiger partial charge on any atom is -0.354 e. The number of ether oxygens (including phenoxy) is 2. The predicted octanol–water partition coefficient (Wildman–Crippen LogP) is 2.49. The predicted molar refractivity (Wildman–Crippen MR) is 76.8 cm³/mol. The first-order chi connectivity index (χ1) is 9.04. The maximum atomic E-state index is 12.1. The smallest absolute Gasteiger partial charge is 0.242 e. The molecule has 0 aliphatic rings. The molecule has 4 nitrogen and oxygen atoms in total. The SMILES string of the molecule is COC(CN(C(=O)CCl)c1c(C)cccc1C)OC. The van der Waals surface area contributed by atoms with E-state index in [2.05, 4.69) is 0 Å². The second kappa shape index (κ2) is 7.48. The number of carbonyl (C=O) groups excluding carboxylic acids is 1. The highest BCUT2D eigenvalue weighted by Crippen LogP contribution is 2.25. The highest BCUT2D eigenvalue weighted by molar-refractivity contribution is 6.29. The Morgan fingerprint density at radius 1 is 1.26 bits per heavy atom. The van der Waals surface area contributed by atoms with Gasteiger partial charge < -0.3 is 14.4 Å². The minimum absolute atomic E-state index is 0.0755. The van der Waals surface area contributed by atoms with Gasteiger partial charge in [0.2, 0.25) is 5.91 Å².